The van der Waals surface area contributed by atoms with Crippen LogP contribution in [0.5, 0.6) is 0 Å². The molecule has 2 heterocycles. The summed E-state index contributed by atoms with van der Waals surface area (Å²) in [5.74, 6) is 0.144. The maximum atomic E-state index is 12.6. The molecule has 22 heavy (non-hydrogen) atoms. The average molecular weight is 289 g/mol. The van der Waals surface area contributed by atoms with Crippen LogP contribution in [0, 0.1) is 0 Å². The molecule has 0 bridgehead atoms. The minimum absolute atomic E-state index is 0.144. The molecule has 1 amide bonds. The third kappa shape index (κ3) is 2.25. The topological polar surface area (TPSA) is 24.2 Å². The van der Waals surface area contributed by atoms with Crippen molar-refractivity contribution >= 4 is 22.4 Å². The minimum atomic E-state index is 0.144. The lowest BCUT2D eigenvalue weighted by atomic mass is 10.2. The molecule has 0 saturated heterocycles. The van der Waals surface area contributed by atoms with Crippen molar-refractivity contribution in [3.63, 3.8) is 0 Å². The van der Waals surface area contributed by atoms with Gasteiger partial charge in [-0.1, -0.05) is 36.4 Å². The van der Waals surface area contributed by atoms with Crippen molar-refractivity contribution in [3.8, 4) is 0 Å². The summed E-state index contributed by atoms with van der Waals surface area (Å²) in [6, 6.07) is 18.4. The lowest BCUT2D eigenvalue weighted by molar-refractivity contribution is -0.682. The number of hydrogen-bond acceptors (Lipinski definition) is 1. The molecule has 0 fully saturated rings. The van der Waals surface area contributed by atoms with Crippen LogP contribution in [0.3, 0.4) is 0 Å². The Morgan fingerprint density at radius 2 is 1.77 bits per heavy atom. The second-order valence-corrected chi connectivity index (χ2v) is 5.67. The fourth-order valence-electron chi connectivity index (χ4n) is 3.12. The Morgan fingerprint density at radius 1 is 1.00 bits per heavy atom. The molecule has 0 unspecified atom stereocenters. The first-order valence-corrected chi connectivity index (χ1v) is 7.57. The monoisotopic (exact) mass is 289 g/mol. The van der Waals surface area contributed by atoms with Crippen molar-refractivity contribution in [2.24, 2.45) is 0 Å². The highest BCUT2D eigenvalue weighted by Crippen LogP contribution is 2.27. The van der Waals surface area contributed by atoms with Crippen LogP contribution in [0.15, 0.2) is 67.0 Å². The summed E-state index contributed by atoms with van der Waals surface area (Å²) in [5.41, 5.74) is 2.33. The molecule has 0 aliphatic carbocycles. The number of nitrogens with zero attached hydrogens (tertiary/aromatic N) is 2. The van der Waals surface area contributed by atoms with E-state index < -0.39 is 0 Å². The third-order valence-corrected chi connectivity index (χ3v) is 4.25. The molecule has 4 rings (SSSR count). The van der Waals surface area contributed by atoms with Gasteiger partial charge in [-0.25, -0.2) is 0 Å². The highest BCUT2D eigenvalue weighted by Gasteiger charge is 2.26. The number of amides is 1. The summed E-state index contributed by atoms with van der Waals surface area (Å²) in [7, 11) is 0. The Morgan fingerprint density at radius 3 is 2.68 bits per heavy atom. The van der Waals surface area contributed by atoms with E-state index in [1.54, 1.807) is 0 Å². The Balaban J connectivity index is 1.59. The van der Waals surface area contributed by atoms with E-state index in [9.17, 15) is 4.79 Å². The van der Waals surface area contributed by atoms with Gasteiger partial charge in [0.15, 0.2) is 12.4 Å². The standard InChI is InChI=1S/C19H17N2O/c22-19(21-12-10-16-6-3-4-8-18(16)21)14-20-11-9-15-5-1-2-7-17(15)13-20/h1-9,11,13H,10,12,14H2/q+1. The molecule has 1 aliphatic heterocycles. The number of carbonyl (C=O) groups excluding carboxylic acids is 1. The summed E-state index contributed by atoms with van der Waals surface area (Å²) in [6.45, 7) is 1.16. The van der Waals surface area contributed by atoms with Crippen molar-refractivity contribution in [3.05, 3.63) is 72.6 Å². The minimum Gasteiger partial charge on any atom is -0.306 e. The SMILES string of the molecule is O=C(C[n+]1ccc2ccccc2c1)N1CCc2ccccc21. The predicted octanol–water partition coefficient (Wildman–Crippen LogP) is 2.72. The number of para-hydroxylation sites is 1. The first-order valence-electron chi connectivity index (χ1n) is 7.57. The van der Waals surface area contributed by atoms with E-state index in [1.165, 1.54) is 10.9 Å². The summed E-state index contributed by atoms with van der Waals surface area (Å²) >= 11 is 0. The van der Waals surface area contributed by atoms with E-state index in [0.717, 1.165) is 24.0 Å². The first-order chi connectivity index (χ1) is 10.8. The Hall–Kier alpha value is -2.68. The number of anilines is 1. The van der Waals surface area contributed by atoms with E-state index in [2.05, 4.69) is 24.3 Å². The van der Waals surface area contributed by atoms with Crippen molar-refractivity contribution in [1.82, 2.24) is 0 Å². The largest absolute Gasteiger partial charge is 0.306 e. The maximum Gasteiger partial charge on any atom is 0.292 e. The van der Waals surface area contributed by atoms with Crippen molar-refractivity contribution in [2.75, 3.05) is 11.4 Å². The van der Waals surface area contributed by atoms with Crippen LogP contribution in [0.2, 0.25) is 0 Å². The van der Waals surface area contributed by atoms with Gasteiger partial charge in [-0.3, -0.25) is 4.79 Å². The van der Waals surface area contributed by atoms with Gasteiger partial charge in [0.05, 0.1) is 0 Å². The molecule has 0 radical (unpaired) electrons. The Bertz CT molecular complexity index is 857. The van der Waals surface area contributed by atoms with Crippen LogP contribution in [0.25, 0.3) is 10.8 Å². The van der Waals surface area contributed by atoms with Crippen LogP contribution in [0.1, 0.15) is 5.56 Å². The van der Waals surface area contributed by atoms with Crippen molar-refractivity contribution < 1.29 is 9.36 Å². The van der Waals surface area contributed by atoms with E-state index in [4.69, 9.17) is 0 Å². The van der Waals surface area contributed by atoms with E-state index in [0.29, 0.717) is 6.54 Å². The molecule has 3 heteroatoms. The zero-order valence-corrected chi connectivity index (χ0v) is 12.3. The average Bonchev–Trinajstić information content (AvgIpc) is 2.99. The van der Waals surface area contributed by atoms with Crippen molar-refractivity contribution in [2.45, 2.75) is 13.0 Å². The highest BCUT2D eigenvalue weighted by atomic mass is 16.2. The molecule has 3 nitrogen and oxygen atoms in total. The van der Waals surface area contributed by atoms with E-state index in [-0.39, 0.29) is 5.91 Å². The number of carbonyl (C=O) groups is 1. The van der Waals surface area contributed by atoms with Gasteiger partial charge in [0.25, 0.3) is 5.91 Å². The van der Waals surface area contributed by atoms with E-state index in [1.807, 2.05) is 52.2 Å². The molecule has 0 atom stereocenters. The maximum absolute atomic E-state index is 12.6. The highest BCUT2D eigenvalue weighted by molar-refractivity contribution is 5.94. The molecule has 0 spiro atoms. The number of rotatable bonds is 2. The normalized spacial score (nSPS) is 13.4. The van der Waals surface area contributed by atoms with E-state index >= 15 is 0 Å². The number of hydrogen-bond donors (Lipinski definition) is 0. The quantitative estimate of drug-likeness (QED) is 0.666. The zero-order chi connectivity index (χ0) is 14.9. The number of pyridine rings is 1. The predicted molar refractivity (Wildman–Crippen MR) is 86.6 cm³/mol. The lowest BCUT2D eigenvalue weighted by Gasteiger charge is -2.15. The number of aromatic nitrogens is 1. The number of fused-ring (bicyclic) bond motifs is 2. The summed E-state index contributed by atoms with van der Waals surface area (Å²) in [6.07, 6.45) is 4.96. The van der Waals surface area contributed by atoms with Crippen LogP contribution in [-0.2, 0) is 17.8 Å². The second-order valence-electron chi connectivity index (χ2n) is 5.67. The molecule has 0 N–H and O–H groups in total. The molecule has 2 aromatic carbocycles. The molecule has 108 valence electrons. The van der Waals surface area contributed by atoms with Gasteiger partial charge in [-0.05, 0) is 29.5 Å². The molecular weight excluding hydrogens is 272 g/mol. The third-order valence-electron chi connectivity index (χ3n) is 4.25. The molecule has 0 saturated carbocycles. The second kappa shape index (κ2) is 5.26. The van der Waals surface area contributed by atoms with Gasteiger partial charge in [0, 0.05) is 23.7 Å². The Labute approximate surface area is 129 Å². The van der Waals surface area contributed by atoms with Gasteiger partial charge in [-0.2, -0.15) is 4.57 Å². The van der Waals surface area contributed by atoms with Gasteiger partial charge in [0.1, 0.15) is 0 Å². The molecule has 1 aliphatic rings. The fraction of sp³-hybridized carbons (Fsp3) is 0.158. The molecule has 3 aromatic rings. The summed E-state index contributed by atoms with van der Waals surface area (Å²) in [5, 5.41) is 2.34. The fourth-order valence-corrected chi connectivity index (χ4v) is 3.12. The van der Waals surface area contributed by atoms with Gasteiger partial charge in [0.2, 0.25) is 6.54 Å². The zero-order valence-electron chi connectivity index (χ0n) is 12.3. The summed E-state index contributed by atoms with van der Waals surface area (Å²) in [4.78, 5) is 14.5. The molecule has 1 aromatic heterocycles. The lowest BCUT2D eigenvalue weighted by Crippen LogP contribution is -2.44. The van der Waals surface area contributed by atoms with Crippen LogP contribution >= 0.6 is 0 Å². The number of benzene rings is 2. The Kier molecular flexibility index (Phi) is 3.11. The van der Waals surface area contributed by atoms with Crippen LogP contribution in [-0.4, -0.2) is 12.5 Å². The summed E-state index contributed by atoms with van der Waals surface area (Å²) < 4.78 is 1.96. The molecular formula is C19H17N2O+. The van der Waals surface area contributed by atoms with Gasteiger partial charge in [-0.15, -0.1) is 0 Å². The first kappa shape index (κ1) is 13.0. The van der Waals surface area contributed by atoms with Crippen LogP contribution in [0.4, 0.5) is 5.69 Å². The smallest absolute Gasteiger partial charge is 0.292 e. The van der Waals surface area contributed by atoms with Crippen molar-refractivity contribution in [1.29, 1.82) is 0 Å². The van der Waals surface area contributed by atoms with Gasteiger partial charge >= 0.3 is 0 Å². The van der Waals surface area contributed by atoms with Gasteiger partial charge < -0.3 is 4.90 Å². The van der Waals surface area contributed by atoms with Crippen LogP contribution < -0.4 is 9.47 Å².